The van der Waals surface area contributed by atoms with Crippen molar-refractivity contribution in [3.05, 3.63) is 6.92 Å². The monoisotopic (exact) mass is 147 g/mol. The second-order valence-electron chi connectivity index (χ2n) is 1.75. The van der Waals surface area contributed by atoms with Crippen molar-refractivity contribution in [1.29, 1.82) is 0 Å². The van der Waals surface area contributed by atoms with E-state index in [-0.39, 0.29) is 0 Å². The fourth-order valence-electron chi connectivity index (χ4n) is 0.515. The molecule has 0 saturated carbocycles. The number of halogens is 1. The Morgan fingerprint density at radius 1 is 1.44 bits per heavy atom. The van der Waals surface area contributed by atoms with E-state index in [9.17, 15) is 9.59 Å². The highest BCUT2D eigenvalue weighted by molar-refractivity contribution is 6.33. The normalized spacial score (nSPS) is 34.9. The fraction of sp³-hybridized carbons (Fsp3) is 0.400. The molecule has 1 heterocycles. The van der Waals surface area contributed by atoms with Crippen molar-refractivity contribution in [2.24, 2.45) is 5.92 Å². The first-order valence-corrected chi connectivity index (χ1v) is 2.79. The quantitative estimate of drug-likeness (QED) is 0.278. The number of ether oxygens (including phenoxy) is 1. The van der Waals surface area contributed by atoms with Crippen LogP contribution in [-0.2, 0) is 14.3 Å². The van der Waals surface area contributed by atoms with Crippen molar-refractivity contribution < 1.29 is 14.3 Å². The lowest BCUT2D eigenvalue weighted by atomic mass is 10.1. The molecule has 3 nitrogen and oxygen atoms in total. The summed E-state index contributed by atoms with van der Waals surface area (Å²) in [4.78, 5) is 20.8. The molecule has 0 spiro atoms. The summed E-state index contributed by atoms with van der Waals surface area (Å²) >= 11 is 5.35. The number of cyclic esters (lactones) is 2. The van der Waals surface area contributed by atoms with Gasteiger partial charge in [-0.2, -0.15) is 0 Å². The summed E-state index contributed by atoms with van der Waals surface area (Å²) in [6.45, 7) is 3.32. The third-order valence-corrected chi connectivity index (χ3v) is 1.56. The predicted molar refractivity (Wildman–Crippen MR) is 29.6 cm³/mol. The average Bonchev–Trinajstić information content (AvgIpc) is 1.98. The highest BCUT2D eigenvalue weighted by atomic mass is 35.5. The minimum atomic E-state index is -0.891. The molecule has 9 heavy (non-hydrogen) atoms. The lowest BCUT2D eigenvalue weighted by Gasteiger charge is -1.93. The average molecular weight is 148 g/mol. The Bertz CT molecular complexity index is 148. The van der Waals surface area contributed by atoms with Crippen LogP contribution in [0, 0.1) is 12.8 Å². The Morgan fingerprint density at radius 3 is 2.11 bits per heavy atom. The Morgan fingerprint density at radius 2 is 2.00 bits per heavy atom. The molecule has 0 aliphatic carbocycles. The number of carbonyl (C=O) groups excluding carboxylic acids is 2. The maximum Gasteiger partial charge on any atom is 0.332 e. The predicted octanol–water partition coefficient (Wildman–Crippen LogP) is 0.127. The smallest absolute Gasteiger partial charge is 0.332 e. The second-order valence-corrected chi connectivity index (χ2v) is 2.22. The molecular weight excluding hydrogens is 144 g/mol. The number of alkyl halides is 1. The van der Waals surface area contributed by atoms with Crippen LogP contribution in [0.2, 0.25) is 0 Å². The van der Waals surface area contributed by atoms with Gasteiger partial charge in [-0.05, 0) is 6.92 Å². The summed E-state index contributed by atoms with van der Waals surface area (Å²) in [7, 11) is 0. The number of hydrogen-bond acceptors (Lipinski definition) is 3. The van der Waals surface area contributed by atoms with Gasteiger partial charge in [-0.15, -0.1) is 11.6 Å². The molecule has 1 rings (SSSR count). The molecule has 1 fully saturated rings. The molecule has 0 aromatic carbocycles. The van der Waals surface area contributed by atoms with Crippen LogP contribution in [0.25, 0.3) is 0 Å². The van der Waals surface area contributed by atoms with E-state index in [4.69, 9.17) is 11.6 Å². The fourth-order valence-corrected chi connectivity index (χ4v) is 0.662. The summed E-state index contributed by atoms with van der Waals surface area (Å²) in [6.07, 6.45) is 0. The zero-order valence-electron chi connectivity index (χ0n) is 4.46. The molecule has 1 radical (unpaired) electrons. The van der Waals surface area contributed by atoms with Gasteiger partial charge in [-0.3, -0.25) is 4.79 Å². The molecule has 0 amide bonds. The lowest BCUT2D eigenvalue weighted by molar-refractivity contribution is -0.152. The molecule has 1 aliphatic rings. The van der Waals surface area contributed by atoms with E-state index in [1.807, 2.05) is 0 Å². The summed E-state index contributed by atoms with van der Waals surface area (Å²) in [5.74, 6) is -2.07. The van der Waals surface area contributed by atoms with Crippen molar-refractivity contribution in [3.63, 3.8) is 0 Å². The van der Waals surface area contributed by atoms with Gasteiger partial charge in [0.25, 0.3) is 0 Å². The van der Waals surface area contributed by atoms with Crippen LogP contribution in [0.15, 0.2) is 0 Å². The SMILES string of the molecule is [CH2]C1C(=O)OC(=O)C1Cl. The molecule has 2 atom stereocenters. The van der Waals surface area contributed by atoms with E-state index in [0.29, 0.717) is 0 Å². The first kappa shape index (κ1) is 6.55. The standard InChI is InChI=1S/C5H4ClO3/c1-2-3(6)5(8)9-4(2)7/h2-3H,1H2. The largest absolute Gasteiger partial charge is 0.392 e. The van der Waals surface area contributed by atoms with Crippen molar-refractivity contribution in [3.8, 4) is 0 Å². The molecule has 0 aromatic heterocycles. The van der Waals surface area contributed by atoms with Gasteiger partial charge in [-0.1, -0.05) is 0 Å². The minimum absolute atomic E-state index is 0.639. The third kappa shape index (κ3) is 0.920. The Labute approximate surface area is 56.9 Å². The van der Waals surface area contributed by atoms with E-state index < -0.39 is 23.2 Å². The van der Waals surface area contributed by atoms with E-state index in [2.05, 4.69) is 11.7 Å². The van der Waals surface area contributed by atoms with E-state index >= 15 is 0 Å². The van der Waals surface area contributed by atoms with Crippen molar-refractivity contribution >= 4 is 23.5 Å². The summed E-state index contributed by atoms with van der Waals surface area (Å²) in [6, 6.07) is 0. The van der Waals surface area contributed by atoms with Gasteiger partial charge in [0.15, 0.2) is 0 Å². The van der Waals surface area contributed by atoms with Gasteiger partial charge in [0.05, 0.1) is 5.92 Å². The first-order valence-electron chi connectivity index (χ1n) is 2.35. The van der Waals surface area contributed by atoms with Gasteiger partial charge >= 0.3 is 11.9 Å². The van der Waals surface area contributed by atoms with Crippen LogP contribution in [-0.4, -0.2) is 17.3 Å². The minimum Gasteiger partial charge on any atom is -0.392 e. The van der Waals surface area contributed by atoms with Crippen molar-refractivity contribution in [2.45, 2.75) is 5.38 Å². The zero-order valence-corrected chi connectivity index (χ0v) is 5.22. The molecule has 49 valence electrons. The van der Waals surface area contributed by atoms with Crippen LogP contribution < -0.4 is 0 Å². The maximum atomic E-state index is 10.4. The molecule has 2 unspecified atom stereocenters. The summed E-state index contributed by atoms with van der Waals surface area (Å²) in [5.41, 5.74) is 0. The molecule has 4 heteroatoms. The Hall–Kier alpha value is -0.570. The molecule has 0 bridgehead atoms. The van der Waals surface area contributed by atoms with Crippen LogP contribution in [0.4, 0.5) is 0 Å². The summed E-state index contributed by atoms with van der Waals surface area (Å²) < 4.78 is 4.11. The molecular formula is C5H4ClO3. The van der Waals surface area contributed by atoms with Crippen molar-refractivity contribution in [1.82, 2.24) is 0 Å². The summed E-state index contributed by atoms with van der Waals surface area (Å²) in [5, 5.41) is -0.891. The molecule has 0 N–H and O–H groups in total. The first-order chi connectivity index (χ1) is 4.13. The Balaban J connectivity index is 2.77. The molecule has 1 saturated heterocycles. The number of hydrogen-bond donors (Lipinski definition) is 0. The number of carbonyl (C=O) groups is 2. The number of rotatable bonds is 0. The van der Waals surface area contributed by atoms with Crippen LogP contribution in [0.5, 0.6) is 0 Å². The van der Waals surface area contributed by atoms with Gasteiger partial charge in [0.2, 0.25) is 0 Å². The topological polar surface area (TPSA) is 43.4 Å². The maximum absolute atomic E-state index is 10.4. The van der Waals surface area contributed by atoms with Crippen LogP contribution >= 0.6 is 11.6 Å². The van der Waals surface area contributed by atoms with E-state index in [1.165, 1.54) is 0 Å². The highest BCUT2D eigenvalue weighted by Gasteiger charge is 2.39. The molecule has 0 aromatic rings. The van der Waals surface area contributed by atoms with E-state index in [1.54, 1.807) is 0 Å². The van der Waals surface area contributed by atoms with Gasteiger partial charge < -0.3 is 4.74 Å². The third-order valence-electron chi connectivity index (χ3n) is 1.08. The van der Waals surface area contributed by atoms with Gasteiger partial charge in [0, 0.05) is 0 Å². The van der Waals surface area contributed by atoms with Gasteiger partial charge in [-0.25, -0.2) is 4.79 Å². The molecule has 1 aliphatic heterocycles. The van der Waals surface area contributed by atoms with Crippen LogP contribution in [0.1, 0.15) is 0 Å². The van der Waals surface area contributed by atoms with Crippen molar-refractivity contribution in [2.75, 3.05) is 0 Å². The number of esters is 2. The zero-order chi connectivity index (χ0) is 7.02. The lowest BCUT2D eigenvalue weighted by Crippen LogP contribution is -2.13. The van der Waals surface area contributed by atoms with Gasteiger partial charge in [0.1, 0.15) is 5.38 Å². The van der Waals surface area contributed by atoms with Crippen LogP contribution in [0.3, 0.4) is 0 Å². The second kappa shape index (κ2) is 1.99. The van der Waals surface area contributed by atoms with E-state index in [0.717, 1.165) is 0 Å². The highest BCUT2D eigenvalue weighted by Crippen LogP contribution is 2.20. The Kier molecular flexibility index (Phi) is 1.45.